The number of ketones is 1. The number of rotatable bonds is 1. The maximum absolute atomic E-state index is 11.5. The molecule has 2 rings (SSSR count). The summed E-state index contributed by atoms with van der Waals surface area (Å²) in [7, 11) is 0. The van der Waals surface area contributed by atoms with E-state index in [9.17, 15) is 14.4 Å². The van der Waals surface area contributed by atoms with Crippen molar-refractivity contribution in [3.8, 4) is 0 Å². The molecule has 0 aliphatic heterocycles. The van der Waals surface area contributed by atoms with E-state index in [2.05, 4.69) is 9.97 Å². The first-order valence-corrected chi connectivity index (χ1v) is 5.00. The Labute approximate surface area is 85.5 Å². The molecule has 2 N–H and O–H groups in total. The van der Waals surface area contributed by atoms with Crippen molar-refractivity contribution in [3.05, 3.63) is 32.6 Å². The number of aromatic amines is 2. The average Bonchev–Trinajstić information content (AvgIpc) is 2.17. The number of carbonyl (C=O) groups is 1. The minimum Gasteiger partial charge on any atom is -0.314 e. The van der Waals surface area contributed by atoms with Crippen LogP contribution in [0.3, 0.4) is 0 Å². The van der Waals surface area contributed by atoms with Gasteiger partial charge in [-0.2, -0.15) is 0 Å². The zero-order valence-electron chi connectivity index (χ0n) is 8.21. The van der Waals surface area contributed by atoms with Crippen LogP contribution in [0.5, 0.6) is 0 Å². The highest BCUT2D eigenvalue weighted by Crippen LogP contribution is 2.28. The van der Waals surface area contributed by atoms with Gasteiger partial charge in [0, 0.05) is 24.6 Å². The lowest BCUT2D eigenvalue weighted by molar-refractivity contribution is -0.120. The second-order valence-corrected chi connectivity index (χ2v) is 3.86. The van der Waals surface area contributed by atoms with E-state index in [4.69, 9.17) is 0 Å². The maximum Gasteiger partial charge on any atom is 0.325 e. The third-order valence-electron chi connectivity index (χ3n) is 2.77. The molecule has 0 spiro atoms. The molecular weight excluding hydrogens is 196 g/mol. The molecule has 0 aromatic carbocycles. The first-order chi connectivity index (χ1) is 7.16. The van der Waals surface area contributed by atoms with Crippen LogP contribution in [-0.2, 0) is 4.79 Å². The van der Waals surface area contributed by atoms with Gasteiger partial charge in [-0.15, -0.1) is 0 Å². The van der Waals surface area contributed by atoms with Crippen molar-refractivity contribution in [1.82, 2.24) is 9.97 Å². The van der Waals surface area contributed by atoms with Crippen molar-refractivity contribution in [3.63, 3.8) is 0 Å². The molecule has 80 valence electrons. The van der Waals surface area contributed by atoms with Crippen molar-refractivity contribution in [1.29, 1.82) is 0 Å². The summed E-state index contributed by atoms with van der Waals surface area (Å²) < 4.78 is 0. The fourth-order valence-electron chi connectivity index (χ4n) is 2.01. The lowest BCUT2D eigenvalue weighted by atomic mass is 9.84. The van der Waals surface area contributed by atoms with Gasteiger partial charge in [-0.1, -0.05) is 0 Å². The number of H-pyrrole nitrogens is 2. The third kappa shape index (κ3) is 2.06. The average molecular weight is 208 g/mol. The highest BCUT2D eigenvalue weighted by atomic mass is 16.2. The molecule has 1 aliphatic carbocycles. The largest absolute Gasteiger partial charge is 0.325 e. The summed E-state index contributed by atoms with van der Waals surface area (Å²) in [5.74, 6) is 0.156. The van der Waals surface area contributed by atoms with Crippen LogP contribution < -0.4 is 11.2 Å². The maximum atomic E-state index is 11.5. The van der Waals surface area contributed by atoms with Gasteiger partial charge in [0.25, 0.3) is 5.56 Å². The van der Waals surface area contributed by atoms with E-state index in [1.54, 1.807) is 0 Å². The Morgan fingerprint density at radius 2 is 2.07 bits per heavy atom. The fourth-order valence-corrected chi connectivity index (χ4v) is 2.01. The quantitative estimate of drug-likeness (QED) is 0.695. The predicted octanol–water partition coefficient (Wildman–Crippen LogP) is 0.290. The van der Waals surface area contributed by atoms with E-state index in [1.807, 2.05) is 0 Å². The van der Waals surface area contributed by atoms with Crippen molar-refractivity contribution >= 4 is 5.78 Å². The van der Waals surface area contributed by atoms with Crippen LogP contribution in [0.1, 0.15) is 37.2 Å². The molecular formula is C10H12N2O3. The van der Waals surface area contributed by atoms with E-state index >= 15 is 0 Å². The molecule has 0 radical (unpaired) electrons. The Hall–Kier alpha value is -1.65. The van der Waals surface area contributed by atoms with E-state index in [-0.39, 0.29) is 17.3 Å². The van der Waals surface area contributed by atoms with Gasteiger partial charge in [-0.3, -0.25) is 14.6 Å². The Bertz CT molecular complexity index is 486. The summed E-state index contributed by atoms with van der Waals surface area (Å²) in [6.45, 7) is 0. The second kappa shape index (κ2) is 3.84. The summed E-state index contributed by atoms with van der Waals surface area (Å²) in [6, 6.07) is 0. The Morgan fingerprint density at radius 3 is 2.73 bits per heavy atom. The topological polar surface area (TPSA) is 82.8 Å². The zero-order valence-corrected chi connectivity index (χ0v) is 8.21. The molecule has 5 heteroatoms. The van der Waals surface area contributed by atoms with Gasteiger partial charge < -0.3 is 4.98 Å². The van der Waals surface area contributed by atoms with Crippen molar-refractivity contribution < 1.29 is 4.79 Å². The lowest BCUT2D eigenvalue weighted by Gasteiger charge is -2.19. The molecule has 1 aromatic heterocycles. The van der Waals surface area contributed by atoms with Gasteiger partial charge in [0.1, 0.15) is 5.78 Å². The summed E-state index contributed by atoms with van der Waals surface area (Å²) in [6.07, 6.45) is 4.10. The van der Waals surface area contributed by atoms with Crippen LogP contribution in [0.2, 0.25) is 0 Å². The monoisotopic (exact) mass is 208 g/mol. The van der Waals surface area contributed by atoms with Crippen LogP contribution in [0, 0.1) is 0 Å². The Kier molecular flexibility index (Phi) is 2.53. The number of nitrogens with one attached hydrogen (secondary N) is 2. The van der Waals surface area contributed by atoms with Crippen LogP contribution in [0.25, 0.3) is 0 Å². The normalized spacial score (nSPS) is 21.6. The Balaban J connectivity index is 2.33. The highest BCUT2D eigenvalue weighted by molar-refractivity contribution is 5.80. The SMILES string of the molecule is O=C1CCCC(c2c[nH]c(=O)[nH]c2=O)C1. The summed E-state index contributed by atoms with van der Waals surface area (Å²) in [4.78, 5) is 38.1. The number of Topliss-reactive ketones (excluding diaryl/α,β-unsaturated/α-hetero) is 1. The van der Waals surface area contributed by atoms with Crippen molar-refractivity contribution in [2.24, 2.45) is 0 Å². The van der Waals surface area contributed by atoms with Gasteiger partial charge in [-0.25, -0.2) is 4.79 Å². The molecule has 1 aliphatic rings. The first-order valence-electron chi connectivity index (χ1n) is 5.00. The van der Waals surface area contributed by atoms with E-state index in [0.29, 0.717) is 18.4 Å². The van der Waals surface area contributed by atoms with Crippen molar-refractivity contribution in [2.75, 3.05) is 0 Å². The Morgan fingerprint density at radius 1 is 1.27 bits per heavy atom. The molecule has 1 saturated carbocycles. The molecule has 5 nitrogen and oxygen atoms in total. The van der Waals surface area contributed by atoms with E-state index in [1.165, 1.54) is 6.20 Å². The van der Waals surface area contributed by atoms with Gasteiger partial charge in [0.2, 0.25) is 0 Å². The minimum atomic E-state index is -0.508. The highest BCUT2D eigenvalue weighted by Gasteiger charge is 2.23. The number of hydrogen-bond donors (Lipinski definition) is 2. The number of hydrogen-bond acceptors (Lipinski definition) is 3. The number of carbonyl (C=O) groups excluding carboxylic acids is 1. The smallest absolute Gasteiger partial charge is 0.314 e. The molecule has 0 amide bonds. The lowest BCUT2D eigenvalue weighted by Crippen LogP contribution is -2.28. The molecule has 1 fully saturated rings. The minimum absolute atomic E-state index is 0.0353. The fraction of sp³-hybridized carbons (Fsp3) is 0.500. The van der Waals surface area contributed by atoms with Gasteiger partial charge in [-0.05, 0) is 18.8 Å². The molecule has 0 saturated heterocycles. The molecule has 1 aromatic rings. The number of aromatic nitrogens is 2. The van der Waals surface area contributed by atoms with Gasteiger partial charge in [0.05, 0.1) is 0 Å². The summed E-state index contributed by atoms with van der Waals surface area (Å²) >= 11 is 0. The molecule has 15 heavy (non-hydrogen) atoms. The molecule has 1 atom stereocenters. The first kappa shape index (κ1) is 9.89. The summed E-state index contributed by atoms with van der Waals surface area (Å²) in [5, 5.41) is 0. The van der Waals surface area contributed by atoms with Gasteiger partial charge in [0.15, 0.2) is 0 Å². The zero-order chi connectivity index (χ0) is 10.8. The van der Waals surface area contributed by atoms with E-state index in [0.717, 1.165) is 12.8 Å². The van der Waals surface area contributed by atoms with Crippen LogP contribution in [-0.4, -0.2) is 15.8 Å². The van der Waals surface area contributed by atoms with Gasteiger partial charge >= 0.3 is 5.69 Å². The third-order valence-corrected chi connectivity index (χ3v) is 2.77. The van der Waals surface area contributed by atoms with Crippen LogP contribution in [0.15, 0.2) is 15.8 Å². The predicted molar refractivity (Wildman–Crippen MR) is 53.9 cm³/mol. The van der Waals surface area contributed by atoms with E-state index < -0.39 is 5.69 Å². The molecule has 0 bridgehead atoms. The molecule has 1 unspecified atom stereocenters. The summed E-state index contributed by atoms with van der Waals surface area (Å²) in [5.41, 5.74) is -0.369. The standard InChI is InChI=1S/C10H12N2O3/c13-7-3-1-2-6(4-7)8-5-11-10(15)12-9(8)14/h5-6H,1-4H2,(H2,11,12,14,15). The van der Waals surface area contributed by atoms with Crippen molar-refractivity contribution in [2.45, 2.75) is 31.6 Å². The van der Waals surface area contributed by atoms with Crippen LogP contribution >= 0.6 is 0 Å². The second-order valence-electron chi connectivity index (χ2n) is 3.86. The molecule has 1 heterocycles. The van der Waals surface area contributed by atoms with Crippen LogP contribution in [0.4, 0.5) is 0 Å².